The summed E-state index contributed by atoms with van der Waals surface area (Å²) in [5.41, 5.74) is 1.26. The number of fused-ring (bicyclic) bond motifs is 2. The average Bonchev–Trinajstić information content (AvgIpc) is 3.19. The fourth-order valence-electron chi connectivity index (χ4n) is 7.68. The first kappa shape index (κ1) is 47.7. The van der Waals surface area contributed by atoms with Crippen LogP contribution in [0.25, 0.3) is 0 Å². The fraction of sp³-hybridized carbons (Fsp3) is 0.737. The number of carbonyl (C=O) groups is 2. The molecule has 20 heteroatoms. The number of rotatable bonds is 16. The first-order valence-electron chi connectivity index (χ1n) is 19.3. The third kappa shape index (κ3) is 12.0. The number of hydrogen-bond donors (Lipinski definition) is 7. The van der Waals surface area contributed by atoms with Crippen molar-refractivity contribution in [3.63, 3.8) is 0 Å². The first-order valence-corrected chi connectivity index (χ1v) is 23.9. The summed E-state index contributed by atoms with van der Waals surface area (Å²) in [7, 11) is 7.54. The van der Waals surface area contributed by atoms with Crippen molar-refractivity contribution >= 4 is 55.9 Å². The van der Waals surface area contributed by atoms with E-state index in [9.17, 15) is 24.9 Å². The molecular formula is C38H57N3O13S4. The molecule has 6 N–H and O–H groups in total. The van der Waals surface area contributed by atoms with Crippen LogP contribution < -0.4 is 16.1 Å². The highest BCUT2D eigenvalue weighted by Gasteiger charge is 2.52. The lowest BCUT2D eigenvalue weighted by atomic mass is 9.70. The van der Waals surface area contributed by atoms with Gasteiger partial charge in [0.05, 0.1) is 67.6 Å². The molecule has 3 aliphatic heterocycles. The van der Waals surface area contributed by atoms with Crippen molar-refractivity contribution in [1.29, 1.82) is 0 Å². The number of ether oxygens (including phenoxy) is 7. The molecule has 3 fully saturated rings. The van der Waals surface area contributed by atoms with E-state index in [1.54, 1.807) is 76.7 Å². The van der Waals surface area contributed by atoms with E-state index in [2.05, 4.69) is 40.6 Å². The molecule has 0 spiro atoms. The highest BCUT2D eigenvalue weighted by atomic mass is 33.5. The molecule has 0 aromatic heterocycles. The second-order valence-corrected chi connectivity index (χ2v) is 19.6. The molecule has 1 amide bonds. The lowest BCUT2D eigenvalue weighted by Gasteiger charge is -2.47. The van der Waals surface area contributed by atoms with Crippen molar-refractivity contribution in [2.24, 2.45) is 5.92 Å². The molecule has 15 atom stereocenters. The largest absolute Gasteiger partial charge is 0.453 e. The summed E-state index contributed by atoms with van der Waals surface area (Å²) in [6, 6.07) is -0.995. The van der Waals surface area contributed by atoms with Gasteiger partial charge < -0.3 is 53.8 Å². The molecule has 58 heavy (non-hydrogen) atoms. The van der Waals surface area contributed by atoms with Gasteiger partial charge in [-0.15, -0.1) is 0 Å². The average molecular weight is 892 g/mol. The van der Waals surface area contributed by atoms with Crippen molar-refractivity contribution in [2.75, 3.05) is 39.4 Å². The molecule has 0 radical (unpaired) electrons. The molecule has 0 aromatic rings. The Morgan fingerprint density at radius 3 is 2.62 bits per heavy atom. The van der Waals surface area contributed by atoms with Crippen molar-refractivity contribution < 1.29 is 62.9 Å². The van der Waals surface area contributed by atoms with E-state index >= 15 is 0 Å². The summed E-state index contributed by atoms with van der Waals surface area (Å²) in [6.45, 7) is 6.46. The van der Waals surface area contributed by atoms with Gasteiger partial charge in [0, 0.05) is 31.6 Å². The summed E-state index contributed by atoms with van der Waals surface area (Å²) in [5, 5.41) is 40.4. The van der Waals surface area contributed by atoms with Crippen molar-refractivity contribution in [1.82, 2.24) is 16.1 Å². The van der Waals surface area contributed by atoms with E-state index < -0.39 is 90.2 Å². The number of allylic oxidation sites excluding steroid dienone is 4. The zero-order valence-corrected chi connectivity index (χ0v) is 36.8. The summed E-state index contributed by atoms with van der Waals surface area (Å²) >= 11 is 4.43. The molecule has 16 nitrogen and oxygen atoms in total. The molecular weight excluding hydrogens is 835 g/mol. The summed E-state index contributed by atoms with van der Waals surface area (Å²) in [6.07, 6.45) is -0.909. The van der Waals surface area contributed by atoms with Crippen molar-refractivity contribution in [3.05, 3.63) is 35.6 Å². The number of aliphatic hydroxyl groups is 3. The molecule has 2 aliphatic carbocycles. The zero-order valence-electron chi connectivity index (χ0n) is 33.4. The Labute approximate surface area is 357 Å². The lowest BCUT2D eigenvalue weighted by molar-refractivity contribution is -0.337. The number of carbonyl (C=O) groups excluding carboxylic acids is 2. The number of likely N-dealkylation sites (N-methyl/N-ethyl adjacent to an activating group) is 1. The Bertz CT molecular complexity index is 1540. The quantitative estimate of drug-likeness (QED) is 0.0391. The van der Waals surface area contributed by atoms with Crippen LogP contribution in [-0.4, -0.2) is 151 Å². The third-order valence-corrected chi connectivity index (χ3v) is 15.4. The second kappa shape index (κ2) is 22.6. The standard InChI is InChI=1S/C38H57N3O13S4/c1-7-39-23-19-49-28(17-27(23)47-4)53-34-33(44)31(41-54-29-16-24(42)35(55)21(3)50-29)20(2)51-36(34)52-26-12-10-8-9-11-14-38(46)18-25(43)32(40-37(45)48-5)30(26)22(38)13-15-57-58-56-6/h8-10,12,20-24,26-29,31,33-36,39,41-42,44,46,55H,7,13,15-19H2,1-6H3,(H,40,45)/b9-8?,12-10-/t20-,21-,22?,23+,24+,26+,27+,28+,29+,31-,33+,34-,35-,36+,38+/m1/s1. The molecule has 0 aromatic carbocycles. The van der Waals surface area contributed by atoms with E-state index in [0.29, 0.717) is 25.1 Å². The maximum Gasteiger partial charge on any atom is 0.411 e. The van der Waals surface area contributed by atoms with Gasteiger partial charge in [0.2, 0.25) is 0 Å². The number of alkyl carbamates (subject to hydrolysis) is 1. The van der Waals surface area contributed by atoms with Gasteiger partial charge in [-0.1, -0.05) is 58.6 Å². The number of hydroxylamine groups is 1. The Morgan fingerprint density at radius 1 is 1.12 bits per heavy atom. The van der Waals surface area contributed by atoms with Gasteiger partial charge in [0.25, 0.3) is 0 Å². The highest BCUT2D eigenvalue weighted by Crippen LogP contribution is 2.44. The summed E-state index contributed by atoms with van der Waals surface area (Å²) < 4.78 is 42.6. The van der Waals surface area contributed by atoms with Crippen molar-refractivity contribution in [3.8, 4) is 11.8 Å². The molecule has 326 valence electrons. The second-order valence-electron chi connectivity index (χ2n) is 14.5. The maximum absolute atomic E-state index is 13.9. The van der Waals surface area contributed by atoms with Crippen LogP contribution in [0.3, 0.4) is 0 Å². The number of nitrogens with one attached hydrogen (secondary N) is 3. The Balaban J connectivity index is 1.50. The number of methoxy groups -OCH3 is 2. The monoisotopic (exact) mass is 891 g/mol. The summed E-state index contributed by atoms with van der Waals surface area (Å²) in [4.78, 5) is 32.5. The molecule has 5 aliphatic rings. The predicted molar refractivity (Wildman–Crippen MR) is 223 cm³/mol. The lowest BCUT2D eigenvalue weighted by Crippen LogP contribution is -2.65. The Hall–Kier alpha value is -1.36. The van der Waals surface area contributed by atoms with Crippen LogP contribution in [0, 0.1) is 17.8 Å². The van der Waals surface area contributed by atoms with E-state index in [0.717, 1.165) is 0 Å². The fourth-order valence-corrected chi connectivity index (χ4v) is 10.6. The molecule has 3 saturated heterocycles. The predicted octanol–water partition coefficient (Wildman–Crippen LogP) is 2.40. The number of amides is 1. The molecule has 2 bridgehead atoms. The minimum absolute atomic E-state index is 0.0831. The maximum atomic E-state index is 13.9. The topological polar surface area (TPSA) is 205 Å². The zero-order chi connectivity index (χ0) is 42.0. The van der Waals surface area contributed by atoms with Crippen LogP contribution in [0.4, 0.5) is 4.79 Å². The van der Waals surface area contributed by atoms with E-state index in [-0.39, 0.29) is 42.9 Å². The van der Waals surface area contributed by atoms with Crippen LogP contribution in [0.15, 0.2) is 35.6 Å². The van der Waals surface area contributed by atoms with Crippen LogP contribution in [0.1, 0.15) is 46.5 Å². The van der Waals surface area contributed by atoms with Crippen molar-refractivity contribution in [2.45, 2.75) is 131 Å². The van der Waals surface area contributed by atoms with Gasteiger partial charge in [-0.2, -0.15) is 18.1 Å². The SMILES string of the molecule is CCN[C@H]1CO[C@@H](O[C@H]2[C@H](O[C@H]3/C=C\C=CC#C[C@]4(O)CC(=O)C(NC(=O)OC)=C3C4CCSSSC)O[C@H](C)[C@@H](NO[C@H]3C[C@H](O)[C@H](S)[C@@H](C)O3)[C@@H]2O)C[C@@H]1OC. The summed E-state index contributed by atoms with van der Waals surface area (Å²) in [5.74, 6) is 4.98. The van der Waals surface area contributed by atoms with Gasteiger partial charge in [-0.25, -0.2) is 4.79 Å². The van der Waals surface area contributed by atoms with Crippen LogP contribution in [0.2, 0.25) is 0 Å². The third-order valence-electron chi connectivity index (χ3n) is 10.7. The smallest absolute Gasteiger partial charge is 0.411 e. The Morgan fingerprint density at radius 2 is 1.91 bits per heavy atom. The molecule has 5 rings (SSSR count). The minimum atomic E-state index is -1.81. The molecule has 3 heterocycles. The normalized spacial score (nSPS) is 39.7. The minimum Gasteiger partial charge on any atom is -0.453 e. The van der Waals surface area contributed by atoms with E-state index in [1.165, 1.54) is 7.11 Å². The van der Waals surface area contributed by atoms with Crippen LogP contribution >= 0.6 is 44.0 Å². The van der Waals surface area contributed by atoms with Gasteiger partial charge in [0.15, 0.2) is 24.7 Å². The number of aliphatic hydroxyl groups excluding tert-OH is 2. The van der Waals surface area contributed by atoms with Crippen LogP contribution in [-0.2, 0) is 42.8 Å². The Kier molecular flexibility index (Phi) is 18.6. The van der Waals surface area contributed by atoms with Gasteiger partial charge in [-0.05, 0) is 54.5 Å². The molecule has 1 unspecified atom stereocenters. The number of Topliss-reactive ketones (excluding diaryl/α,β-unsaturated/α-hetero) is 1. The number of ketones is 1. The van der Waals surface area contributed by atoms with E-state index in [1.807, 2.05) is 13.2 Å². The van der Waals surface area contributed by atoms with Gasteiger partial charge in [0.1, 0.15) is 23.9 Å². The highest BCUT2D eigenvalue weighted by molar-refractivity contribution is 9.09. The van der Waals surface area contributed by atoms with Crippen LogP contribution in [0.5, 0.6) is 0 Å². The van der Waals surface area contributed by atoms with Gasteiger partial charge in [-0.3, -0.25) is 14.9 Å². The van der Waals surface area contributed by atoms with Gasteiger partial charge >= 0.3 is 6.09 Å². The number of thiol groups is 1. The molecule has 0 saturated carbocycles. The number of hydrogen-bond acceptors (Lipinski definition) is 19. The first-order chi connectivity index (χ1) is 27.8. The van der Waals surface area contributed by atoms with E-state index in [4.69, 9.17) is 38.0 Å².